The van der Waals surface area contributed by atoms with Crippen LogP contribution in [0.4, 0.5) is 11.4 Å². The molecule has 0 aliphatic carbocycles. The van der Waals surface area contributed by atoms with Crippen LogP contribution in [-0.2, 0) is 16.1 Å². The van der Waals surface area contributed by atoms with Crippen molar-refractivity contribution in [1.29, 1.82) is 5.26 Å². The number of para-hydroxylation sites is 1. The molecule has 6 nitrogen and oxygen atoms in total. The highest BCUT2D eigenvalue weighted by atomic mass is 35.5. The Morgan fingerprint density at radius 3 is 2.60 bits per heavy atom. The van der Waals surface area contributed by atoms with Crippen LogP contribution >= 0.6 is 11.6 Å². The summed E-state index contributed by atoms with van der Waals surface area (Å²) in [6, 6.07) is 22.3. The lowest BCUT2D eigenvalue weighted by atomic mass is 10.1. The zero-order chi connectivity index (χ0) is 24.9. The maximum atomic E-state index is 12.8. The summed E-state index contributed by atoms with van der Waals surface area (Å²) in [6.07, 6.45) is 3.31. The van der Waals surface area contributed by atoms with Crippen LogP contribution in [0.25, 0.3) is 17.0 Å². The van der Waals surface area contributed by atoms with Crippen molar-refractivity contribution >= 4 is 51.8 Å². The highest BCUT2D eigenvalue weighted by Crippen LogP contribution is 2.25. The molecule has 0 saturated carbocycles. The number of hydrogen-bond donors (Lipinski definition) is 2. The summed E-state index contributed by atoms with van der Waals surface area (Å²) in [7, 11) is 0. The molecule has 0 aliphatic heterocycles. The number of carbonyl (C=O) groups excluding carboxylic acids is 2. The van der Waals surface area contributed by atoms with Gasteiger partial charge in [-0.1, -0.05) is 48.0 Å². The lowest BCUT2D eigenvalue weighted by molar-refractivity contribution is -0.116. The van der Waals surface area contributed by atoms with Crippen LogP contribution in [-0.4, -0.2) is 16.4 Å². The predicted molar refractivity (Wildman–Crippen MR) is 140 cm³/mol. The molecule has 0 unspecified atom stereocenters. The number of aromatic nitrogens is 1. The molecule has 0 aliphatic rings. The van der Waals surface area contributed by atoms with E-state index in [4.69, 9.17) is 11.6 Å². The Hall–Kier alpha value is -4.34. The number of amides is 2. The zero-order valence-corrected chi connectivity index (χ0v) is 20.1. The first-order valence-corrected chi connectivity index (χ1v) is 11.4. The number of hydrogen-bond acceptors (Lipinski definition) is 3. The number of nitriles is 1. The first-order valence-electron chi connectivity index (χ1n) is 11.0. The van der Waals surface area contributed by atoms with Gasteiger partial charge in [-0.3, -0.25) is 9.59 Å². The molecule has 3 aromatic carbocycles. The molecule has 0 saturated heterocycles. The number of aryl methyl sites for hydroxylation is 2. The van der Waals surface area contributed by atoms with Gasteiger partial charge >= 0.3 is 0 Å². The minimum atomic E-state index is -0.535. The predicted octanol–water partition coefficient (Wildman–Crippen LogP) is 6.10. The van der Waals surface area contributed by atoms with Gasteiger partial charge in [0.1, 0.15) is 18.2 Å². The van der Waals surface area contributed by atoms with E-state index in [1.54, 1.807) is 29.0 Å². The maximum Gasteiger partial charge on any atom is 0.266 e. The van der Waals surface area contributed by atoms with Gasteiger partial charge in [0.15, 0.2) is 0 Å². The number of fused-ring (bicyclic) bond motifs is 1. The van der Waals surface area contributed by atoms with Gasteiger partial charge in [0.2, 0.25) is 5.91 Å². The Morgan fingerprint density at radius 1 is 1.03 bits per heavy atom. The molecular weight excluding hydrogens is 460 g/mol. The van der Waals surface area contributed by atoms with Crippen LogP contribution in [0.1, 0.15) is 16.7 Å². The minimum Gasteiger partial charge on any atom is -0.337 e. The number of carbonyl (C=O) groups is 2. The molecule has 4 aromatic rings. The number of halogens is 1. The largest absolute Gasteiger partial charge is 0.337 e. The average Bonchev–Trinajstić information content (AvgIpc) is 3.16. The third-order valence-electron chi connectivity index (χ3n) is 5.55. The quantitative estimate of drug-likeness (QED) is 0.257. The van der Waals surface area contributed by atoms with Gasteiger partial charge < -0.3 is 15.2 Å². The molecular formula is C28H23ClN4O2. The minimum absolute atomic E-state index is 0.0588. The number of nitrogens with zero attached hydrogens (tertiary/aromatic N) is 2. The van der Waals surface area contributed by atoms with E-state index in [1.807, 2.05) is 68.4 Å². The second-order valence-electron chi connectivity index (χ2n) is 8.23. The molecule has 7 heteroatoms. The van der Waals surface area contributed by atoms with Gasteiger partial charge in [-0.15, -0.1) is 0 Å². The van der Waals surface area contributed by atoms with Crippen LogP contribution in [0.3, 0.4) is 0 Å². The van der Waals surface area contributed by atoms with E-state index in [2.05, 4.69) is 10.6 Å². The molecule has 0 bridgehead atoms. The lowest BCUT2D eigenvalue weighted by Crippen LogP contribution is -2.18. The Kier molecular flexibility index (Phi) is 7.00. The summed E-state index contributed by atoms with van der Waals surface area (Å²) in [5, 5.41) is 16.7. The molecule has 4 rings (SSSR count). The Bertz CT molecular complexity index is 1510. The third-order valence-corrected chi connectivity index (χ3v) is 5.78. The maximum absolute atomic E-state index is 12.8. The van der Waals surface area contributed by atoms with Crippen LogP contribution in [0.5, 0.6) is 0 Å². The fraction of sp³-hybridized carbons (Fsp3) is 0.107. The van der Waals surface area contributed by atoms with E-state index in [0.717, 1.165) is 27.7 Å². The van der Waals surface area contributed by atoms with Crippen molar-refractivity contribution in [3.05, 3.63) is 100 Å². The Labute approximate surface area is 208 Å². The molecule has 2 amide bonds. The summed E-state index contributed by atoms with van der Waals surface area (Å²) in [5.41, 5.74) is 4.58. The number of benzene rings is 3. The van der Waals surface area contributed by atoms with Gasteiger partial charge in [-0.25, -0.2) is 0 Å². The molecule has 0 fully saturated rings. The molecule has 1 aromatic heterocycles. The van der Waals surface area contributed by atoms with Crippen molar-refractivity contribution in [1.82, 2.24) is 4.57 Å². The number of anilines is 2. The lowest BCUT2D eigenvalue weighted by Gasteiger charge is -2.08. The van der Waals surface area contributed by atoms with Crippen molar-refractivity contribution in [3.63, 3.8) is 0 Å². The molecule has 0 spiro atoms. The highest BCUT2D eigenvalue weighted by molar-refractivity contribution is 6.31. The van der Waals surface area contributed by atoms with Crippen molar-refractivity contribution in [2.75, 3.05) is 10.6 Å². The number of nitrogens with one attached hydrogen (secondary N) is 2. The first kappa shape index (κ1) is 23.8. The molecule has 2 N–H and O–H groups in total. The van der Waals surface area contributed by atoms with Crippen LogP contribution in [0, 0.1) is 25.2 Å². The highest BCUT2D eigenvalue weighted by Gasteiger charge is 2.15. The van der Waals surface area contributed by atoms with Gasteiger partial charge in [0, 0.05) is 39.1 Å². The summed E-state index contributed by atoms with van der Waals surface area (Å²) in [4.78, 5) is 25.6. The van der Waals surface area contributed by atoms with Crippen molar-refractivity contribution in [2.45, 2.75) is 20.4 Å². The second-order valence-corrected chi connectivity index (χ2v) is 8.67. The molecule has 35 heavy (non-hydrogen) atoms. The summed E-state index contributed by atoms with van der Waals surface area (Å²) < 4.78 is 1.81. The van der Waals surface area contributed by atoms with Crippen LogP contribution in [0.15, 0.2) is 78.5 Å². The molecule has 1 heterocycles. The topological polar surface area (TPSA) is 86.9 Å². The summed E-state index contributed by atoms with van der Waals surface area (Å²) >= 11 is 6.05. The molecule has 174 valence electrons. The van der Waals surface area contributed by atoms with Gasteiger partial charge in [-0.05, 0) is 61.4 Å². The van der Waals surface area contributed by atoms with E-state index in [0.29, 0.717) is 16.3 Å². The Morgan fingerprint density at radius 2 is 1.83 bits per heavy atom. The molecule has 0 radical (unpaired) electrons. The van der Waals surface area contributed by atoms with E-state index < -0.39 is 5.91 Å². The van der Waals surface area contributed by atoms with Gasteiger partial charge in [0.25, 0.3) is 5.91 Å². The fourth-order valence-corrected chi connectivity index (χ4v) is 3.99. The van der Waals surface area contributed by atoms with Gasteiger partial charge in [-0.2, -0.15) is 5.26 Å². The van der Waals surface area contributed by atoms with Crippen LogP contribution < -0.4 is 10.6 Å². The van der Waals surface area contributed by atoms with E-state index in [-0.39, 0.29) is 18.0 Å². The normalized spacial score (nSPS) is 11.2. The van der Waals surface area contributed by atoms with Crippen LogP contribution in [0.2, 0.25) is 5.02 Å². The zero-order valence-electron chi connectivity index (χ0n) is 19.3. The van der Waals surface area contributed by atoms with Gasteiger partial charge in [0.05, 0.1) is 0 Å². The first-order chi connectivity index (χ1) is 16.8. The van der Waals surface area contributed by atoms with E-state index in [9.17, 15) is 14.9 Å². The second kappa shape index (κ2) is 10.3. The Balaban J connectivity index is 1.61. The van der Waals surface area contributed by atoms with E-state index in [1.165, 1.54) is 6.08 Å². The standard InChI is InChI=1S/C28H23ClN4O2/c1-18-6-5-7-23(12-18)31-27(34)17-33-16-21(24-8-3-4-9-26(24)33)13-20(15-30)28(35)32-25-14-22(29)11-10-19(25)2/h3-14,16H,17H2,1-2H3,(H,31,34)(H,32,35)/b20-13-. The summed E-state index contributed by atoms with van der Waals surface area (Å²) in [5.74, 6) is -0.714. The fourth-order valence-electron chi connectivity index (χ4n) is 3.82. The summed E-state index contributed by atoms with van der Waals surface area (Å²) in [6.45, 7) is 3.89. The molecule has 0 atom stereocenters. The third kappa shape index (κ3) is 5.60. The van der Waals surface area contributed by atoms with Crippen molar-refractivity contribution in [3.8, 4) is 6.07 Å². The van der Waals surface area contributed by atoms with Crippen molar-refractivity contribution < 1.29 is 9.59 Å². The van der Waals surface area contributed by atoms with Crippen molar-refractivity contribution in [2.24, 2.45) is 0 Å². The SMILES string of the molecule is Cc1cccc(NC(=O)Cn2cc(/C=C(/C#N)C(=O)Nc3cc(Cl)ccc3C)c3ccccc32)c1. The van der Waals surface area contributed by atoms with E-state index >= 15 is 0 Å². The number of rotatable bonds is 6. The monoisotopic (exact) mass is 482 g/mol. The smallest absolute Gasteiger partial charge is 0.266 e. The average molecular weight is 483 g/mol.